The Bertz CT molecular complexity index is 637. The van der Waals surface area contributed by atoms with Gasteiger partial charge in [-0.1, -0.05) is 20.8 Å². The van der Waals surface area contributed by atoms with Gasteiger partial charge in [0.15, 0.2) is 0 Å². The van der Waals surface area contributed by atoms with Crippen LogP contribution in [-0.4, -0.2) is 44.7 Å². The van der Waals surface area contributed by atoms with E-state index in [0.717, 1.165) is 38.5 Å². The van der Waals surface area contributed by atoms with Crippen molar-refractivity contribution in [3.63, 3.8) is 0 Å². The molecule has 4 aliphatic carbocycles. The summed E-state index contributed by atoms with van der Waals surface area (Å²) < 4.78 is 0. The highest BCUT2D eigenvalue weighted by atomic mass is 16.4. The van der Waals surface area contributed by atoms with Gasteiger partial charge in [-0.2, -0.15) is 0 Å². The molecule has 5 nitrogen and oxygen atoms in total. The molecule has 4 fully saturated rings. The van der Waals surface area contributed by atoms with Gasteiger partial charge in [-0.05, 0) is 97.7 Å². The molecule has 0 bridgehead atoms. The number of aliphatic hydroxyl groups excluding tert-OH is 3. The molecule has 4 rings (SSSR count). The quantitative estimate of drug-likeness (QED) is 0.571. The fraction of sp³-hybridized carbons (Fsp3) is 0.958. The number of carboxylic acids is 1. The minimum absolute atomic E-state index is 0.151. The van der Waals surface area contributed by atoms with E-state index in [1.54, 1.807) is 0 Å². The fourth-order valence-electron chi connectivity index (χ4n) is 8.78. The van der Waals surface area contributed by atoms with Crippen LogP contribution in [0.2, 0.25) is 0 Å². The Morgan fingerprint density at radius 2 is 1.62 bits per heavy atom. The molecule has 0 saturated heterocycles. The highest BCUT2D eigenvalue weighted by molar-refractivity contribution is 5.66. The van der Waals surface area contributed by atoms with Gasteiger partial charge in [0, 0.05) is 6.42 Å². The average molecular weight is 409 g/mol. The first-order chi connectivity index (χ1) is 13.6. The third-order valence-corrected chi connectivity index (χ3v) is 10.4. The predicted octanol–water partition coefficient (Wildman–Crippen LogP) is 3.45. The molecule has 0 aliphatic heterocycles. The van der Waals surface area contributed by atoms with E-state index in [1.807, 2.05) is 0 Å². The largest absolute Gasteiger partial charge is 0.481 e. The Labute approximate surface area is 174 Å². The zero-order chi connectivity index (χ0) is 21.1. The van der Waals surface area contributed by atoms with Crippen molar-refractivity contribution < 1.29 is 25.2 Å². The predicted molar refractivity (Wildman–Crippen MR) is 110 cm³/mol. The maximum Gasteiger partial charge on any atom is 0.303 e. The van der Waals surface area contributed by atoms with Crippen molar-refractivity contribution in [2.75, 3.05) is 0 Å². The monoisotopic (exact) mass is 408 g/mol. The van der Waals surface area contributed by atoms with E-state index in [4.69, 9.17) is 5.11 Å². The van der Waals surface area contributed by atoms with Crippen LogP contribution in [0.5, 0.6) is 0 Å². The van der Waals surface area contributed by atoms with Crippen LogP contribution in [0.15, 0.2) is 0 Å². The van der Waals surface area contributed by atoms with Crippen molar-refractivity contribution in [2.24, 2.45) is 46.3 Å². The highest BCUT2D eigenvalue weighted by Gasteiger charge is 2.65. The van der Waals surface area contributed by atoms with Gasteiger partial charge in [0.25, 0.3) is 0 Å². The van der Waals surface area contributed by atoms with Crippen molar-refractivity contribution in [2.45, 2.75) is 96.9 Å². The SMILES string of the molecule is C[C@H](CCC(=O)O)C1CC[C@@H]2[C@@H]3CC[C@@H]4C[C@H](O)CC(O)[C@]4(C)[C@@H]3C[C@H](O)[C@]12C. The molecule has 2 unspecified atom stereocenters. The van der Waals surface area contributed by atoms with Crippen molar-refractivity contribution in [3.8, 4) is 0 Å². The van der Waals surface area contributed by atoms with Crippen molar-refractivity contribution in [1.82, 2.24) is 0 Å². The van der Waals surface area contributed by atoms with Crippen LogP contribution in [0, 0.1) is 46.3 Å². The molecular formula is C24H40O5. The zero-order valence-electron chi connectivity index (χ0n) is 18.3. The van der Waals surface area contributed by atoms with E-state index in [-0.39, 0.29) is 17.3 Å². The number of hydrogen-bond donors (Lipinski definition) is 4. The minimum Gasteiger partial charge on any atom is -0.481 e. The molecule has 29 heavy (non-hydrogen) atoms. The first-order valence-corrected chi connectivity index (χ1v) is 11.9. The Balaban J connectivity index is 1.59. The third kappa shape index (κ3) is 3.18. The molecule has 4 N–H and O–H groups in total. The van der Waals surface area contributed by atoms with Gasteiger partial charge in [0.05, 0.1) is 18.3 Å². The maximum absolute atomic E-state index is 11.5. The third-order valence-electron chi connectivity index (χ3n) is 10.4. The van der Waals surface area contributed by atoms with E-state index in [2.05, 4.69) is 20.8 Å². The molecule has 0 spiro atoms. The van der Waals surface area contributed by atoms with Crippen LogP contribution in [0.25, 0.3) is 0 Å². The lowest BCUT2D eigenvalue weighted by molar-refractivity contribution is -0.207. The van der Waals surface area contributed by atoms with Crippen LogP contribution < -0.4 is 0 Å². The molecule has 5 heteroatoms. The Hall–Kier alpha value is -0.650. The summed E-state index contributed by atoms with van der Waals surface area (Å²) in [6.07, 6.45) is 5.95. The van der Waals surface area contributed by atoms with E-state index in [9.17, 15) is 20.1 Å². The molecular weight excluding hydrogens is 368 g/mol. The number of carbonyl (C=O) groups is 1. The van der Waals surface area contributed by atoms with E-state index in [1.165, 1.54) is 0 Å². The summed E-state index contributed by atoms with van der Waals surface area (Å²) in [5, 5.41) is 41.8. The van der Waals surface area contributed by atoms with Crippen LogP contribution in [-0.2, 0) is 4.79 Å². The van der Waals surface area contributed by atoms with Gasteiger partial charge in [-0.25, -0.2) is 0 Å². The van der Waals surface area contributed by atoms with Gasteiger partial charge < -0.3 is 20.4 Å². The summed E-state index contributed by atoms with van der Waals surface area (Å²) in [6, 6.07) is 0. The summed E-state index contributed by atoms with van der Waals surface area (Å²) in [4.78, 5) is 11.1. The Morgan fingerprint density at radius 3 is 2.31 bits per heavy atom. The lowest BCUT2D eigenvalue weighted by Gasteiger charge is -2.63. The number of hydrogen-bond acceptors (Lipinski definition) is 4. The molecule has 0 amide bonds. The Kier molecular flexibility index (Phi) is 5.57. The minimum atomic E-state index is -0.736. The first kappa shape index (κ1) is 21.6. The number of fused-ring (bicyclic) bond motifs is 5. The second-order valence-corrected chi connectivity index (χ2v) is 11.4. The maximum atomic E-state index is 11.5. The molecule has 4 saturated carbocycles. The molecule has 0 heterocycles. The van der Waals surface area contributed by atoms with Crippen LogP contribution in [0.1, 0.15) is 78.6 Å². The van der Waals surface area contributed by atoms with Crippen LogP contribution in [0.4, 0.5) is 0 Å². The molecule has 4 aliphatic rings. The highest BCUT2D eigenvalue weighted by Crippen LogP contribution is 2.68. The van der Waals surface area contributed by atoms with Gasteiger partial charge in [0.1, 0.15) is 0 Å². The van der Waals surface area contributed by atoms with Crippen LogP contribution in [0.3, 0.4) is 0 Å². The summed E-state index contributed by atoms with van der Waals surface area (Å²) in [5.41, 5.74) is -0.362. The van der Waals surface area contributed by atoms with Crippen molar-refractivity contribution in [1.29, 1.82) is 0 Å². The zero-order valence-corrected chi connectivity index (χ0v) is 18.3. The normalized spacial score (nSPS) is 52.9. The second-order valence-electron chi connectivity index (χ2n) is 11.4. The lowest BCUT2D eigenvalue weighted by atomic mass is 9.43. The molecule has 166 valence electrons. The number of aliphatic hydroxyl groups is 3. The fourth-order valence-corrected chi connectivity index (χ4v) is 8.78. The lowest BCUT2D eigenvalue weighted by Crippen LogP contribution is -2.62. The van der Waals surface area contributed by atoms with E-state index < -0.39 is 24.3 Å². The molecule has 0 radical (unpaired) electrons. The summed E-state index contributed by atoms with van der Waals surface area (Å²) in [5.74, 6) is 1.55. The molecule has 0 aromatic rings. The van der Waals surface area contributed by atoms with Crippen LogP contribution >= 0.6 is 0 Å². The first-order valence-electron chi connectivity index (χ1n) is 11.9. The molecule has 0 aromatic heterocycles. The van der Waals surface area contributed by atoms with E-state index in [0.29, 0.717) is 48.3 Å². The van der Waals surface area contributed by atoms with Gasteiger partial charge >= 0.3 is 5.97 Å². The Morgan fingerprint density at radius 1 is 0.931 bits per heavy atom. The molecule has 0 aromatic carbocycles. The number of aliphatic carboxylic acids is 1. The summed E-state index contributed by atoms with van der Waals surface area (Å²) >= 11 is 0. The van der Waals surface area contributed by atoms with Gasteiger partial charge in [-0.15, -0.1) is 0 Å². The standard InChI is InChI=1S/C24H40O5/c1-13(4-9-22(28)29)17-7-8-18-16-6-5-14-10-15(25)11-20(26)23(14,2)19(16)12-21(27)24(17,18)3/h13-21,25-27H,4-12H2,1-3H3,(H,28,29)/t13-,14-,15+,16+,17?,18-,19-,20?,21+,23+,24-/m1/s1. The van der Waals surface area contributed by atoms with Gasteiger partial charge in [-0.3, -0.25) is 4.79 Å². The van der Waals surface area contributed by atoms with E-state index >= 15 is 0 Å². The molecule has 11 atom stereocenters. The average Bonchev–Trinajstić information content (AvgIpc) is 3.01. The topological polar surface area (TPSA) is 98.0 Å². The number of rotatable bonds is 4. The smallest absolute Gasteiger partial charge is 0.303 e. The summed E-state index contributed by atoms with van der Waals surface area (Å²) in [6.45, 7) is 6.66. The van der Waals surface area contributed by atoms with Gasteiger partial charge in [0.2, 0.25) is 0 Å². The second kappa shape index (κ2) is 7.49. The number of carboxylic acid groups (broad SMARTS) is 1. The summed E-state index contributed by atoms with van der Waals surface area (Å²) in [7, 11) is 0. The van der Waals surface area contributed by atoms with Crippen molar-refractivity contribution >= 4 is 5.97 Å². The van der Waals surface area contributed by atoms with Crippen molar-refractivity contribution in [3.05, 3.63) is 0 Å².